The minimum atomic E-state index is -0.248. The molecule has 5 nitrogen and oxygen atoms in total. The lowest BCUT2D eigenvalue weighted by Crippen LogP contribution is -2.46. The summed E-state index contributed by atoms with van der Waals surface area (Å²) in [6.45, 7) is 1.52. The van der Waals surface area contributed by atoms with Gasteiger partial charge in [-0.2, -0.15) is 0 Å². The summed E-state index contributed by atoms with van der Waals surface area (Å²) < 4.78 is 4.87. The fraction of sp³-hybridized carbons (Fsp3) is 0.579. The maximum atomic E-state index is 12.8. The van der Waals surface area contributed by atoms with Gasteiger partial charge in [0.15, 0.2) is 0 Å². The number of ether oxygens (including phenoxy) is 1. The van der Waals surface area contributed by atoms with E-state index in [9.17, 15) is 9.59 Å². The van der Waals surface area contributed by atoms with Crippen molar-refractivity contribution in [3.8, 4) is 0 Å². The second kappa shape index (κ2) is 7.69. The Morgan fingerprint density at radius 2 is 1.71 bits per heavy atom. The number of carbonyl (C=O) groups excluding carboxylic acids is 2. The van der Waals surface area contributed by atoms with Gasteiger partial charge >= 0.3 is 5.97 Å². The third-order valence-corrected chi connectivity index (χ3v) is 5.29. The zero-order valence-corrected chi connectivity index (χ0v) is 14.2. The van der Waals surface area contributed by atoms with E-state index in [1.165, 1.54) is 7.11 Å². The molecule has 0 spiro atoms. The van der Waals surface area contributed by atoms with Crippen molar-refractivity contribution in [3.63, 3.8) is 0 Å². The van der Waals surface area contributed by atoms with Crippen molar-refractivity contribution < 1.29 is 14.3 Å². The summed E-state index contributed by atoms with van der Waals surface area (Å²) in [6, 6.07) is 10.6. The molecule has 2 fully saturated rings. The van der Waals surface area contributed by atoms with Crippen LogP contribution >= 0.6 is 0 Å². The number of benzene rings is 1. The van der Waals surface area contributed by atoms with Crippen LogP contribution in [0.2, 0.25) is 0 Å². The van der Waals surface area contributed by atoms with E-state index in [1.54, 1.807) is 0 Å². The minimum Gasteiger partial charge on any atom is -0.469 e. The molecule has 130 valence electrons. The number of para-hydroxylation sites is 1. The van der Waals surface area contributed by atoms with Gasteiger partial charge in [0.05, 0.1) is 18.9 Å². The summed E-state index contributed by atoms with van der Waals surface area (Å²) in [6.07, 6.45) is 4.39. The summed E-state index contributed by atoms with van der Waals surface area (Å²) in [7, 11) is 1.41. The van der Waals surface area contributed by atoms with Crippen LogP contribution in [0.1, 0.15) is 32.1 Å². The average Bonchev–Trinajstić information content (AvgIpc) is 3.12. The number of esters is 1. The molecular weight excluding hydrogens is 304 g/mol. The average molecular weight is 330 g/mol. The number of carbonyl (C=O) groups is 2. The Morgan fingerprint density at radius 3 is 2.38 bits per heavy atom. The summed E-state index contributed by atoms with van der Waals surface area (Å²) >= 11 is 0. The third kappa shape index (κ3) is 3.71. The first-order valence-corrected chi connectivity index (χ1v) is 8.87. The van der Waals surface area contributed by atoms with Crippen LogP contribution in [0.3, 0.4) is 0 Å². The Labute approximate surface area is 143 Å². The SMILES string of the molecule is COC(=O)[C@H]1CCC[C@H]1C(=O)N1CCC(Nc2ccccc2)CC1. The van der Waals surface area contributed by atoms with E-state index in [0.717, 1.165) is 50.9 Å². The molecule has 1 saturated heterocycles. The molecule has 1 aliphatic heterocycles. The summed E-state index contributed by atoms with van der Waals surface area (Å²) in [5.74, 6) is -0.522. The smallest absolute Gasteiger partial charge is 0.309 e. The fourth-order valence-corrected chi connectivity index (χ4v) is 3.94. The molecule has 0 radical (unpaired) electrons. The van der Waals surface area contributed by atoms with Crippen LogP contribution in [-0.2, 0) is 14.3 Å². The molecule has 0 bridgehead atoms. The first-order valence-electron chi connectivity index (χ1n) is 8.87. The van der Waals surface area contributed by atoms with Crippen molar-refractivity contribution >= 4 is 17.6 Å². The van der Waals surface area contributed by atoms with Crippen molar-refractivity contribution in [2.45, 2.75) is 38.1 Å². The molecule has 5 heteroatoms. The highest BCUT2D eigenvalue weighted by Gasteiger charge is 2.40. The number of hydrogen-bond acceptors (Lipinski definition) is 4. The van der Waals surface area contributed by atoms with E-state index < -0.39 is 0 Å². The first kappa shape index (κ1) is 16.8. The topological polar surface area (TPSA) is 58.6 Å². The lowest BCUT2D eigenvalue weighted by atomic mass is 9.93. The molecule has 2 atom stereocenters. The van der Waals surface area contributed by atoms with Gasteiger partial charge in [-0.05, 0) is 37.8 Å². The summed E-state index contributed by atoms with van der Waals surface area (Å²) in [5.41, 5.74) is 1.13. The van der Waals surface area contributed by atoms with Crippen LogP contribution in [0.5, 0.6) is 0 Å². The van der Waals surface area contributed by atoms with Crippen LogP contribution in [0, 0.1) is 11.8 Å². The number of anilines is 1. The molecule has 1 aromatic carbocycles. The molecule has 1 N–H and O–H groups in total. The van der Waals surface area contributed by atoms with Gasteiger partial charge in [-0.15, -0.1) is 0 Å². The quantitative estimate of drug-likeness (QED) is 0.862. The zero-order chi connectivity index (χ0) is 16.9. The molecule has 1 saturated carbocycles. The van der Waals surface area contributed by atoms with Gasteiger partial charge in [-0.3, -0.25) is 9.59 Å². The number of likely N-dealkylation sites (tertiary alicyclic amines) is 1. The highest BCUT2D eigenvalue weighted by Crippen LogP contribution is 2.34. The Bertz CT molecular complexity index is 567. The first-order chi connectivity index (χ1) is 11.7. The standard InChI is InChI=1S/C19H26N2O3/c1-24-19(23)17-9-5-8-16(17)18(22)21-12-10-15(11-13-21)20-14-6-3-2-4-7-14/h2-4,6-7,15-17,20H,5,8-13H2,1H3/t16-,17+/m1/s1. The number of hydrogen-bond donors (Lipinski definition) is 1. The van der Waals surface area contributed by atoms with E-state index in [1.807, 2.05) is 23.1 Å². The highest BCUT2D eigenvalue weighted by molar-refractivity contribution is 5.86. The number of piperidine rings is 1. The van der Waals surface area contributed by atoms with Crippen molar-refractivity contribution in [2.24, 2.45) is 11.8 Å². The van der Waals surface area contributed by atoms with Crippen molar-refractivity contribution in [1.82, 2.24) is 4.90 Å². The largest absolute Gasteiger partial charge is 0.469 e. The number of nitrogens with one attached hydrogen (secondary N) is 1. The molecule has 3 rings (SSSR count). The summed E-state index contributed by atoms with van der Waals surface area (Å²) in [5, 5.41) is 3.53. The maximum Gasteiger partial charge on any atom is 0.309 e. The molecule has 1 amide bonds. The predicted molar refractivity (Wildman–Crippen MR) is 92.5 cm³/mol. The van der Waals surface area contributed by atoms with Crippen molar-refractivity contribution in [1.29, 1.82) is 0 Å². The van der Waals surface area contributed by atoms with Crippen LogP contribution in [0.4, 0.5) is 5.69 Å². The highest BCUT2D eigenvalue weighted by atomic mass is 16.5. The Balaban J connectivity index is 1.52. The molecular formula is C19H26N2O3. The Kier molecular flexibility index (Phi) is 5.38. The second-order valence-corrected chi connectivity index (χ2v) is 6.78. The molecule has 24 heavy (non-hydrogen) atoms. The number of amides is 1. The van der Waals surface area contributed by atoms with Gasteiger partial charge in [-0.25, -0.2) is 0 Å². The molecule has 1 aliphatic carbocycles. The van der Waals surface area contributed by atoms with Crippen LogP contribution in [0.25, 0.3) is 0 Å². The number of rotatable bonds is 4. The fourth-order valence-electron chi connectivity index (χ4n) is 3.94. The van der Waals surface area contributed by atoms with Crippen LogP contribution < -0.4 is 5.32 Å². The normalized spacial score (nSPS) is 24.6. The van der Waals surface area contributed by atoms with E-state index in [0.29, 0.717) is 6.04 Å². The minimum absolute atomic E-state index is 0.140. The predicted octanol–water partition coefficient (Wildman–Crippen LogP) is 2.68. The van der Waals surface area contributed by atoms with Gasteiger partial charge in [-0.1, -0.05) is 24.6 Å². The number of nitrogens with zero attached hydrogens (tertiary/aromatic N) is 1. The van der Waals surface area contributed by atoms with E-state index >= 15 is 0 Å². The van der Waals surface area contributed by atoms with E-state index in [-0.39, 0.29) is 23.7 Å². The molecule has 1 heterocycles. The van der Waals surface area contributed by atoms with E-state index in [4.69, 9.17) is 4.74 Å². The van der Waals surface area contributed by atoms with Crippen molar-refractivity contribution in [3.05, 3.63) is 30.3 Å². The molecule has 2 aliphatic rings. The van der Waals surface area contributed by atoms with Crippen LogP contribution in [0.15, 0.2) is 30.3 Å². The lowest BCUT2D eigenvalue weighted by Gasteiger charge is -2.35. The summed E-state index contributed by atoms with van der Waals surface area (Å²) in [4.78, 5) is 26.6. The van der Waals surface area contributed by atoms with Gasteiger partial charge in [0.2, 0.25) is 5.91 Å². The molecule has 1 aromatic rings. The monoisotopic (exact) mass is 330 g/mol. The number of methoxy groups -OCH3 is 1. The van der Waals surface area contributed by atoms with Crippen molar-refractivity contribution in [2.75, 3.05) is 25.5 Å². The van der Waals surface area contributed by atoms with Gasteiger partial charge in [0, 0.05) is 24.8 Å². The Hall–Kier alpha value is -2.04. The third-order valence-electron chi connectivity index (χ3n) is 5.29. The van der Waals surface area contributed by atoms with Gasteiger partial charge in [0.1, 0.15) is 0 Å². The van der Waals surface area contributed by atoms with Crippen LogP contribution in [-0.4, -0.2) is 43.0 Å². The lowest BCUT2D eigenvalue weighted by molar-refractivity contribution is -0.152. The Morgan fingerprint density at radius 1 is 1.04 bits per heavy atom. The maximum absolute atomic E-state index is 12.8. The van der Waals surface area contributed by atoms with Gasteiger partial charge in [0.25, 0.3) is 0 Å². The van der Waals surface area contributed by atoms with Gasteiger partial charge < -0.3 is 15.0 Å². The molecule has 0 aromatic heterocycles. The van der Waals surface area contributed by atoms with E-state index in [2.05, 4.69) is 17.4 Å². The zero-order valence-electron chi connectivity index (χ0n) is 14.2. The second-order valence-electron chi connectivity index (χ2n) is 6.78. The molecule has 0 unspecified atom stereocenters.